The molecule has 0 fully saturated rings. The van der Waals surface area contributed by atoms with Crippen LogP contribution in [0.3, 0.4) is 0 Å². The van der Waals surface area contributed by atoms with Crippen molar-refractivity contribution in [2.75, 3.05) is 4.90 Å². The van der Waals surface area contributed by atoms with Crippen LogP contribution in [0.4, 0.5) is 11.4 Å². The Balaban J connectivity index is 1.21. The molecule has 3 aliphatic carbocycles. The van der Waals surface area contributed by atoms with E-state index in [2.05, 4.69) is 190 Å². The van der Waals surface area contributed by atoms with Crippen LogP contribution < -0.4 is 4.90 Å². The molecule has 1 atom stereocenters. The van der Waals surface area contributed by atoms with Crippen LogP contribution in [0.15, 0.2) is 145 Å². The van der Waals surface area contributed by atoms with Crippen LogP contribution in [0.25, 0.3) is 44.9 Å². The highest BCUT2D eigenvalue weighted by atomic mass is 15.2. The van der Waals surface area contributed by atoms with Crippen molar-refractivity contribution in [3.63, 3.8) is 0 Å². The number of hydrogen-bond acceptors (Lipinski definition) is 1. The summed E-state index contributed by atoms with van der Waals surface area (Å²) >= 11 is 0. The van der Waals surface area contributed by atoms with E-state index >= 15 is 0 Å². The lowest BCUT2D eigenvalue weighted by Crippen LogP contribution is -2.23. The van der Waals surface area contributed by atoms with Crippen molar-refractivity contribution < 1.29 is 0 Å². The Bertz CT molecular complexity index is 2470. The predicted octanol–water partition coefficient (Wildman–Crippen LogP) is 12.9. The van der Waals surface area contributed by atoms with E-state index in [4.69, 9.17) is 0 Å². The zero-order valence-electron chi connectivity index (χ0n) is 30.0. The lowest BCUT2D eigenvalue weighted by Gasteiger charge is -2.34. The molecule has 10 rings (SSSR count). The molecule has 7 aromatic rings. The van der Waals surface area contributed by atoms with Gasteiger partial charge in [-0.25, -0.2) is 0 Å². The molecule has 2 nitrogen and oxygen atoms in total. The molecule has 0 saturated heterocycles. The van der Waals surface area contributed by atoms with E-state index in [1.807, 2.05) is 0 Å². The maximum atomic E-state index is 2.58. The molecule has 0 spiro atoms. The van der Waals surface area contributed by atoms with Gasteiger partial charge >= 0.3 is 0 Å². The fourth-order valence-corrected chi connectivity index (χ4v) is 9.71. The van der Waals surface area contributed by atoms with Crippen LogP contribution in [0.5, 0.6) is 0 Å². The first kappa shape index (κ1) is 30.2. The third kappa shape index (κ3) is 4.23. The Hall–Kier alpha value is -5.60. The molecule has 1 unspecified atom stereocenters. The van der Waals surface area contributed by atoms with Crippen molar-refractivity contribution in [3.05, 3.63) is 179 Å². The van der Waals surface area contributed by atoms with E-state index in [0.29, 0.717) is 5.92 Å². The van der Waals surface area contributed by atoms with E-state index in [1.165, 1.54) is 89.4 Å². The molecule has 0 saturated carbocycles. The molecule has 2 heteroatoms. The van der Waals surface area contributed by atoms with Gasteiger partial charge in [-0.2, -0.15) is 0 Å². The van der Waals surface area contributed by atoms with Crippen LogP contribution in [0, 0.1) is 0 Å². The van der Waals surface area contributed by atoms with Crippen molar-refractivity contribution in [1.82, 2.24) is 4.57 Å². The van der Waals surface area contributed by atoms with Gasteiger partial charge in [0, 0.05) is 56.2 Å². The molecule has 0 amide bonds. The normalized spacial score (nSPS) is 17.3. The monoisotopic (exact) mass is 658 g/mol. The first-order valence-electron chi connectivity index (χ1n) is 18.4. The van der Waals surface area contributed by atoms with E-state index < -0.39 is 0 Å². The highest BCUT2D eigenvalue weighted by Gasteiger charge is 2.38. The molecule has 0 radical (unpaired) electrons. The molecule has 248 valence electrons. The molecule has 1 heterocycles. The van der Waals surface area contributed by atoms with Gasteiger partial charge in [0.1, 0.15) is 0 Å². The maximum absolute atomic E-state index is 2.58. The fourth-order valence-electron chi connectivity index (χ4n) is 9.71. The molecule has 0 aliphatic heterocycles. The Morgan fingerprint density at radius 3 is 1.67 bits per heavy atom. The topological polar surface area (TPSA) is 8.17 Å². The van der Waals surface area contributed by atoms with Crippen molar-refractivity contribution >= 4 is 28.4 Å². The lowest BCUT2D eigenvalue weighted by molar-refractivity contribution is 0.658. The average molecular weight is 659 g/mol. The first-order valence-corrected chi connectivity index (χ1v) is 18.4. The molecule has 0 N–H and O–H groups in total. The number of para-hydroxylation sites is 2. The van der Waals surface area contributed by atoms with Crippen LogP contribution in [0.2, 0.25) is 0 Å². The first-order chi connectivity index (χ1) is 24.7. The van der Waals surface area contributed by atoms with Crippen LogP contribution in [-0.4, -0.2) is 4.57 Å². The Labute approximate surface area is 301 Å². The molecule has 1 aromatic heterocycles. The second-order valence-corrected chi connectivity index (χ2v) is 15.9. The van der Waals surface area contributed by atoms with Gasteiger partial charge in [0.25, 0.3) is 0 Å². The second kappa shape index (κ2) is 10.7. The van der Waals surface area contributed by atoms with Crippen molar-refractivity contribution in [1.29, 1.82) is 0 Å². The zero-order chi connectivity index (χ0) is 34.6. The summed E-state index contributed by atoms with van der Waals surface area (Å²) in [6.45, 7) is 11.9. The smallest absolute Gasteiger partial charge is 0.0537 e. The second-order valence-electron chi connectivity index (χ2n) is 15.9. The van der Waals surface area contributed by atoms with E-state index in [-0.39, 0.29) is 10.8 Å². The largest absolute Gasteiger partial charge is 0.314 e. The minimum Gasteiger partial charge on any atom is -0.314 e. The molecule has 3 aliphatic rings. The van der Waals surface area contributed by atoms with Crippen LogP contribution in [0.1, 0.15) is 80.5 Å². The summed E-state index contributed by atoms with van der Waals surface area (Å²) in [4.78, 5) is 2.58. The van der Waals surface area contributed by atoms with E-state index in [1.54, 1.807) is 0 Å². The third-order valence-corrected chi connectivity index (χ3v) is 12.2. The molecular formula is C49H42N2. The Kier molecular flexibility index (Phi) is 6.35. The summed E-state index contributed by atoms with van der Waals surface area (Å²) < 4.78 is 2.50. The van der Waals surface area contributed by atoms with Gasteiger partial charge in [-0.05, 0) is 99.5 Å². The summed E-state index contributed by atoms with van der Waals surface area (Å²) in [5.41, 5.74) is 19.8. The standard InChI is InChI=1S/C49H42N2/c1-31-27-35(28-41-40-19-11-14-22-46(40)51(47(31)41)32-15-7-6-8-16-32)50(33-23-25-38-36-17-9-12-20-42(36)48(2,3)44(38)29-33)34-24-26-39-37-18-10-13-21-43(37)49(4,5)45(39)30-34/h6-26,28-31H,27H2,1-5H3. The van der Waals surface area contributed by atoms with Gasteiger partial charge in [0.15, 0.2) is 0 Å². The Morgan fingerprint density at radius 1 is 0.549 bits per heavy atom. The van der Waals surface area contributed by atoms with Gasteiger partial charge in [-0.1, -0.05) is 132 Å². The van der Waals surface area contributed by atoms with Crippen LogP contribution >= 0.6 is 0 Å². The van der Waals surface area contributed by atoms with Gasteiger partial charge in [-0.3, -0.25) is 0 Å². The minimum absolute atomic E-state index is 0.0836. The van der Waals surface area contributed by atoms with Gasteiger partial charge in [-0.15, -0.1) is 0 Å². The summed E-state index contributed by atoms with van der Waals surface area (Å²) in [5, 5.41) is 1.30. The minimum atomic E-state index is -0.0836. The molecule has 0 bridgehead atoms. The lowest BCUT2D eigenvalue weighted by atomic mass is 9.82. The third-order valence-electron chi connectivity index (χ3n) is 12.2. The van der Waals surface area contributed by atoms with Crippen LogP contribution in [-0.2, 0) is 10.8 Å². The summed E-state index contributed by atoms with van der Waals surface area (Å²) in [6, 6.07) is 52.1. The van der Waals surface area contributed by atoms with Crippen molar-refractivity contribution in [2.45, 2.75) is 57.8 Å². The van der Waals surface area contributed by atoms with Gasteiger partial charge < -0.3 is 9.47 Å². The van der Waals surface area contributed by atoms with Crippen molar-refractivity contribution in [3.8, 4) is 27.9 Å². The van der Waals surface area contributed by atoms with Gasteiger partial charge in [0.05, 0.1) is 5.52 Å². The number of hydrogen-bond donors (Lipinski definition) is 0. The number of fused-ring (bicyclic) bond motifs is 9. The van der Waals surface area contributed by atoms with Crippen molar-refractivity contribution in [2.24, 2.45) is 0 Å². The van der Waals surface area contributed by atoms with E-state index in [9.17, 15) is 0 Å². The maximum Gasteiger partial charge on any atom is 0.0537 e. The SMILES string of the molecule is CC1CC(N(c2ccc3c(c2)C(C)(C)c2ccccc2-3)c2ccc3c(c2)C(C)(C)c2ccccc2-3)=Cc2c1n(-c1ccccc1)c1ccccc21. The highest BCUT2D eigenvalue weighted by Crippen LogP contribution is 2.53. The number of benzene rings is 6. The average Bonchev–Trinajstić information content (AvgIpc) is 3.70. The zero-order valence-corrected chi connectivity index (χ0v) is 30.0. The predicted molar refractivity (Wildman–Crippen MR) is 214 cm³/mol. The number of nitrogens with zero attached hydrogens (tertiary/aromatic N) is 2. The number of rotatable bonds is 4. The van der Waals surface area contributed by atoms with Gasteiger partial charge in [0.2, 0.25) is 0 Å². The summed E-state index contributed by atoms with van der Waals surface area (Å²) in [5.74, 6) is 0.306. The molecular weight excluding hydrogens is 617 g/mol. The quantitative estimate of drug-likeness (QED) is 0.183. The number of allylic oxidation sites excluding steroid dienone is 1. The summed E-state index contributed by atoms with van der Waals surface area (Å²) in [7, 11) is 0. The molecule has 51 heavy (non-hydrogen) atoms. The Morgan fingerprint density at radius 2 is 1.06 bits per heavy atom. The number of anilines is 2. The molecule has 6 aromatic carbocycles. The highest BCUT2D eigenvalue weighted by molar-refractivity contribution is 5.96. The summed E-state index contributed by atoms with van der Waals surface area (Å²) in [6.07, 6.45) is 3.43. The fraction of sp³-hybridized carbons (Fsp3) is 0.184. The van der Waals surface area contributed by atoms with E-state index in [0.717, 1.165) is 6.42 Å². The number of aromatic nitrogens is 1.